The average Bonchev–Trinajstić information content (AvgIpc) is 1.82. The number of rotatable bonds is 3. The van der Waals surface area contributed by atoms with Gasteiger partial charge in [0.25, 0.3) is 12.1 Å². The molecule has 0 radical (unpaired) electrons. The van der Waals surface area contributed by atoms with Crippen LogP contribution in [0.25, 0.3) is 0 Å². The standard InChI is InChI=1S/C6H7ClF6/c1-3(7)2-5(10,4(8)9)6(11,12)13/h3-4H,2H2,1H3. The van der Waals surface area contributed by atoms with Gasteiger partial charge in [-0.05, 0) is 6.92 Å². The fourth-order valence-electron chi connectivity index (χ4n) is 0.738. The van der Waals surface area contributed by atoms with Crippen LogP contribution in [0.2, 0.25) is 0 Å². The summed E-state index contributed by atoms with van der Waals surface area (Å²) in [6, 6.07) is 0. The van der Waals surface area contributed by atoms with Gasteiger partial charge < -0.3 is 0 Å². The van der Waals surface area contributed by atoms with Gasteiger partial charge in [-0.2, -0.15) is 13.2 Å². The van der Waals surface area contributed by atoms with Gasteiger partial charge in [0, 0.05) is 11.8 Å². The Labute approximate surface area is 75.9 Å². The van der Waals surface area contributed by atoms with E-state index in [2.05, 4.69) is 0 Å². The molecule has 0 bridgehead atoms. The second-order valence-corrected chi connectivity index (χ2v) is 3.39. The summed E-state index contributed by atoms with van der Waals surface area (Å²) in [5, 5.41) is -1.30. The Balaban J connectivity index is 4.74. The van der Waals surface area contributed by atoms with Gasteiger partial charge in [-0.25, -0.2) is 13.2 Å². The molecule has 0 heterocycles. The zero-order valence-electron chi connectivity index (χ0n) is 6.51. The van der Waals surface area contributed by atoms with E-state index in [-0.39, 0.29) is 0 Å². The first kappa shape index (κ1) is 12.9. The molecule has 0 N–H and O–H groups in total. The summed E-state index contributed by atoms with van der Waals surface area (Å²) in [7, 11) is 0. The first-order chi connectivity index (χ1) is 5.61. The number of hydrogen-bond acceptors (Lipinski definition) is 0. The van der Waals surface area contributed by atoms with Gasteiger partial charge in [-0.3, -0.25) is 0 Å². The molecule has 0 aromatic heterocycles. The highest BCUT2D eigenvalue weighted by Crippen LogP contribution is 2.42. The van der Waals surface area contributed by atoms with E-state index in [1.54, 1.807) is 0 Å². The summed E-state index contributed by atoms with van der Waals surface area (Å²) < 4.78 is 71.7. The lowest BCUT2D eigenvalue weighted by Crippen LogP contribution is -2.48. The van der Waals surface area contributed by atoms with Crippen molar-refractivity contribution in [1.29, 1.82) is 0 Å². The molecule has 0 aromatic rings. The summed E-state index contributed by atoms with van der Waals surface area (Å²) in [6.45, 7) is 1.02. The Kier molecular flexibility index (Phi) is 3.90. The topological polar surface area (TPSA) is 0 Å². The van der Waals surface area contributed by atoms with E-state index >= 15 is 0 Å². The molecule has 2 atom stereocenters. The van der Waals surface area contributed by atoms with E-state index in [4.69, 9.17) is 11.6 Å². The van der Waals surface area contributed by atoms with Crippen LogP contribution in [0.15, 0.2) is 0 Å². The Bertz CT molecular complexity index is 165. The van der Waals surface area contributed by atoms with Crippen molar-refractivity contribution in [2.24, 2.45) is 0 Å². The normalized spacial score (nSPS) is 20.1. The van der Waals surface area contributed by atoms with Gasteiger partial charge in [0.1, 0.15) is 0 Å². The van der Waals surface area contributed by atoms with E-state index in [1.165, 1.54) is 0 Å². The lowest BCUT2D eigenvalue weighted by Gasteiger charge is -2.27. The third kappa shape index (κ3) is 2.93. The van der Waals surface area contributed by atoms with Crippen LogP contribution in [0.1, 0.15) is 13.3 Å². The molecular weight excluding hydrogens is 222 g/mol. The SMILES string of the molecule is CC(Cl)CC(F)(C(F)F)C(F)(F)F. The summed E-state index contributed by atoms with van der Waals surface area (Å²) in [5.41, 5.74) is -4.51. The molecule has 0 rings (SSSR count). The van der Waals surface area contributed by atoms with Crippen molar-refractivity contribution in [3.8, 4) is 0 Å². The third-order valence-electron chi connectivity index (χ3n) is 1.40. The van der Waals surface area contributed by atoms with E-state index in [0.29, 0.717) is 0 Å². The van der Waals surface area contributed by atoms with Crippen molar-refractivity contribution in [1.82, 2.24) is 0 Å². The molecule has 0 amide bonds. The molecule has 0 aromatic carbocycles. The molecule has 80 valence electrons. The Hall–Kier alpha value is -0.130. The van der Waals surface area contributed by atoms with Crippen LogP contribution in [0.4, 0.5) is 26.3 Å². The van der Waals surface area contributed by atoms with Crippen LogP contribution >= 0.6 is 11.6 Å². The van der Waals surface area contributed by atoms with Crippen molar-refractivity contribution >= 4 is 11.6 Å². The highest BCUT2D eigenvalue weighted by Gasteiger charge is 2.62. The van der Waals surface area contributed by atoms with E-state index in [9.17, 15) is 26.3 Å². The maximum absolute atomic E-state index is 12.7. The minimum absolute atomic E-state index is 1.02. The Morgan fingerprint density at radius 3 is 1.62 bits per heavy atom. The fourth-order valence-corrected chi connectivity index (χ4v) is 0.962. The molecular formula is C6H7ClF6. The highest BCUT2D eigenvalue weighted by atomic mass is 35.5. The number of alkyl halides is 7. The molecule has 0 saturated heterocycles. The first-order valence-corrected chi connectivity index (χ1v) is 3.72. The van der Waals surface area contributed by atoms with Crippen LogP contribution in [0.5, 0.6) is 0 Å². The van der Waals surface area contributed by atoms with Gasteiger partial charge in [-0.15, -0.1) is 11.6 Å². The van der Waals surface area contributed by atoms with Gasteiger partial charge >= 0.3 is 6.18 Å². The van der Waals surface area contributed by atoms with E-state index < -0.39 is 30.1 Å². The quantitative estimate of drug-likeness (QED) is 0.512. The smallest absolute Gasteiger partial charge is 0.227 e. The summed E-state index contributed by atoms with van der Waals surface area (Å²) >= 11 is 5.04. The molecule has 0 saturated carbocycles. The summed E-state index contributed by atoms with van der Waals surface area (Å²) in [6.07, 6.45) is -11.2. The van der Waals surface area contributed by atoms with Crippen LogP contribution in [-0.4, -0.2) is 23.6 Å². The minimum Gasteiger partial charge on any atom is -0.227 e. The average molecular weight is 229 g/mol. The van der Waals surface area contributed by atoms with Gasteiger partial charge in [0.2, 0.25) is 0 Å². The first-order valence-electron chi connectivity index (χ1n) is 3.29. The number of hydrogen-bond donors (Lipinski definition) is 0. The molecule has 0 aliphatic carbocycles. The second-order valence-electron chi connectivity index (χ2n) is 2.65. The molecule has 0 spiro atoms. The molecule has 13 heavy (non-hydrogen) atoms. The Morgan fingerprint density at radius 2 is 1.54 bits per heavy atom. The van der Waals surface area contributed by atoms with Crippen LogP contribution in [-0.2, 0) is 0 Å². The number of halogens is 7. The van der Waals surface area contributed by atoms with Gasteiger partial charge in [0.15, 0.2) is 0 Å². The predicted octanol–water partition coefficient (Wildman–Crippen LogP) is 3.54. The maximum atomic E-state index is 12.7. The minimum atomic E-state index is -5.59. The van der Waals surface area contributed by atoms with Crippen LogP contribution in [0.3, 0.4) is 0 Å². The van der Waals surface area contributed by atoms with Crippen molar-refractivity contribution in [2.75, 3.05) is 0 Å². The molecule has 2 unspecified atom stereocenters. The molecule has 0 aliphatic heterocycles. The zero-order valence-corrected chi connectivity index (χ0v) is 7.26. The Morgan fingerprint density at radius 1 is 1.15 bits per heavy atom. The molecule has 0 aliphatic rings. The van der Waals surface area contributed by atoms with Crippen molar-refractivity contribution in [2.45, 2.75) is 37.0 Å². The van der Waals surface area contributed by atoms with Crippen molar-refractivity contribution in [3.63, 3.8) is 0 Å². The molecule has 7 heteroatoms. The maximum Gasteiger partial charge on any atom is 0.428 e. The van der Waals surface area contributed by atoms with Gasteiger partial charge in [-0.1, -0.05) is 0 Å². The lowest BCUT2D eigenvalue weighted by molar-refractivity contribution is -0.269. The van der Waals surface area contributed by atoms with Crippen molar-refractivity contribution < 1.29 is 26.3 Å². The summed E-state index contributed by atoms with van der Waals surface area (Å²) in [5.74, 6) is 0. The summed E-state index contributed by atoms with van der Waals surface area (Å²) in [4.78, 5) is 0. The largest absolute Gasteiger partial charge is 0.428 e. The van der Waals surface area contributed by atoms with Crippen LogP contribution < -0.4 is 0 Å². The molecule has 0 fully saturated rings. The second kappa shape index (κ2) is 3.94. The predicted molar refractivity (Wildman–Crippen MR) is 35.8 cm³/mol. The highest BCUT2D eigenvalue weighted by molar-refractivity contribution is 6.20. The van der Waals surface area contributed by atoms with Gasteiger partial charge in [0.05, 0.1) is 0 Å². The lowest BCUT2D eigenvalue weighted by atomic mass is 10.00. The third-order valence-corrected chi connectivity index (χ3v) is 1.55. The monoisotopic (exact) mass is 228 g/mol. The van der Waals surface area contributed by atoms with E-state index in [0.717, 1.165) is 6.92 Å². The zero-order chi connectivity index (χ0) is 10.9. The fraction of sp³-hybridized carbons (Fsp3) is 1.00. The van der Waals surface area contributed by atoms with Crippen LogP contribution in [0, 0.1) is 0 Å². The molecule has 0 nitrogen and oxygen atoms in total. The van der Waals surface area contributed by atoms with E-state index in [1.807, 2.05) is 0 Å². The van der Waals surface area contributed by atoms with Crippen molar-refractivity contribution in [3.05, 3.63) is 0 Å².